The number of hydrogen-bond donors (Lipinski definition) is 15. The van der Waals surface area contributed by atoms with E-state index in [-0.39, 0.29) is 129 Å². The van der Waals surface area contributed by atoms with Gasteiger partial charge in [-0.1, -0.05) is 80.6 Å². The van der Waals surface area contributed by atoms with E-state index in [4.69, 9.17) is 5.11 Å². The molecule has 17 N–H and O–H groups in total. The number of nitrogens with one attached hydrogen (secondary N) is 8. The molecule has 562 valence electrons. The van der Waals surface area contributed by atoms with Gasteiger partial charge in [-0.25, -0.2) is 4.79 Å². The van der Waals surface area contributed by atoms with Gasteiger partial charge >= 0.3 is 41.7 Å². The number of carboxylic acids is 6. The quantitative estimate of drug-likeness (QED) is 0.0241. The number of carbonyl (C=O) groups is 13. The molecular weight excluding hydrogens is 1330 g/mol. The molecule has 6 atom stereocenters. The third-order valence-electron chi connectivity index (χ3n) is 18.2. The first kappa shape index (κ1) is 83.6. The zero-order valence-corrected chi connectivity index (χ0v) is 58.5. The summed E-state index contributed by atoms with van der Waals surface area (Å²) in [6, 6.07) is 15.0. The van der Waals surface area contributed by atoms with Gasteiger partial charge in [-0.05, 0) is 110 Å². The average molecular weight is 1430 g/mol. The van der Waals surface area contributed by atoms with Crippen molar-refractivity contribution in [3.8, 4) is 0 Å². The fourth-order valence-electron chi connectivity index (χ4n) is 12.4. The number of nitrogens with zero attached hydrogens (tertiary/aromatic N) is 4. The van der Waals surface area contributed by atoms with Gasteiger partial charge in [0.05, 0.1) is 38.5 Å². The van der Waals surface area contributed by atoms with Crippen LogP contribution in [0, 0.1) is 17.8 Å². The lowest BCUT2D eigenvalue weighted by molar-refractivity contribution is -0.306. The Kier molecular flexibility index (Phi) is 35.8. The Balaban J connectivity index is 1.26. The van der Waals surface area contributed by atoms with Crippen molar-refractivity contribution in [3.05, 3.63) is 83.4 Å². The van der Waals surface area contributed by atoms with Crippen LogP contribution in [0.15, 0.2) is 66.7 Å². The zero-order valence-electron chi connectivity index (χ0n) is 58.5. The van der Waals surface area contributed by atoms with E-state index >= 15 is 0 Å². The Morgan fingerprint density at radius 2 is 0.990 bits per heavy atom. The van der Waals surface area contributed by atoms with Crippen molar-refractivity contribution in [2.24, 2.45) is 17.8 Å². The van der Waals surface area contributed by atoms with Crippen molar-refractivity contribution >= 4 is 87.9 Å². The van der Waals surface area contributed by atoms with E-state index in [2.05, 4.69) is 62.1 Å². The lowest BCUT2D eigenvalue weighted by atomic mass is 9.81. The topological polar surface area (TPSA) is 480 Å². The number of aliphatic carboxylic acids is 6. The Bertz CT molecular complexity index is 3280. The molecule has 0 bridgehead atoms. The molecule has 6 unspecified atom stereocenters. The van der Waals surface area contributed by atoms with E-state index in [1.54, 1.807) is 26.5 Å². The fourth-order valence-corrected chi connectivity index (χ4v) is 12.4. The predicted molar refractivity (Wildman–Crippen MR) is 372 cm³/mol. The molecule has 0 aromatic heterocycles. The molecular formula is C70H104N13O19+. The molecule has 0 radical (unpaired) electrons. The lowest BCUT2D eigenvalue weighted by Crippen LogP contribution is -2.61. The van der Waals surface area contributed by atoms with Gasteiger partial charge in [0.25, 0.3) is 0 Å². The summed E-state index contributed by atoms with van der Waals surface area (Å²) < 4.78 is 0. The molecule has 5 rings (SSSR count). The molecule has 102 heavy (non-hydrogen) atoms. The van der Waals surface area contributed by atoms with Gasteiger partial charge in [-0.2, -0.15) is 0 Å². The number of quaternary nitrogens is 1. The normalized spacial score (nSPS) is 17.7. The summed E-state index contributed by atoms with van der Waals surface area (Å²) in [4.78, 5) is 174. The monoisotopic (exact) mass is 1430 g/mol. The smallest absolute Gasteiger partial charge is 0.320 e. The summed E-state index contributed by atoms with van der Waals surface area (Å²) in [6.45, 7) is 5.18. The number of amides is 7. The summed E-state index contributed by atoms with van der Waals surface area (Å²) in [5, 5.41) is 81.6. The van der Waals surface area contributed by atoms with Gasteiger partial charge in [0.1, 0.15) is 30.2 Å². The van der Waals surface area contributed by atoms with Crippen LogP contribution >= 0.6 is 0 Å². The van der Waals surface area contributed by atoms with Crippen LogP contribution in [0.2, 0.25) is 0 Å². The fraction of sp³-hybridized carbons (Fsp3) is 0.586. The van der Waals surface area contributed by atoms with Crippen LogP contribution in [0.3, 0.4) is 0 Å². The number of rotatable bonds is 42. The SMILES string of the molecule is CC(C)Cc1ccc(C(C)C(=O)NC(CC([NH3+])=O)C(=O)NCCC(NC(=O)CN2CCN(CC(=O)O)CCN(CC(=O)O)CCN(CC(=O)O)CC2)C(=O)NCC2CCC(C(=O)NC(Cc3ccc4ccccc4c3)C(=O)NCCCCC(NCNC(CCC(=O)O)C(=O)O)C(=O)O)CC2)cc1. The third kappa shape index (κ3) is 31.5. The van der Waals surface area contributed by atoms with E-state index in [9.17, 15) is 87.9 Å². The molecule has 3 aromatic carbocycles. The molecule has 0 spiro atoms. The second-order valence-electron chi connectivity index (χ2n) is 26.8. The molecule has 32 heteroatoms. The van der Waals surface area contributed by atoms with E-state index in [0.29, 0.717) is 50.0 Å². The Labute approximate surface area is 593 Å². The minimum Gasteiger partial charge on any atom is -0.481 e. The minimum absolute atomic E-state index is 0.104. The van der Waals surface area contributed by atoms with Gasteiger partial charge in [-0.3, -0.25) is 93.5 Å². The molecule has 2 fully saturated rings. The number of benzene rings is 3. The Morgan fingerprint density at radius 1 is 0.480 bits per heavy atom. The Hall–Kier alpha value is -9.05. The van der Waals surface area contributed by atoms with Crippen molar-refractivity contribution in [2.75, 3.05) is 105 Å². The summed E-state index contributed by atoms with van der Waals surface area (Å²) in [5.41, 5.74) is 5.98. The lowest BCUT2D eigenvalue weighted by Gasteiger charge is -2.33. The van der Waals surface area contributed by atoms with Crippen molar-refractivity contribution in [2.45, 2.75) is 140 Å². The van der Waals surface area contributed by atoms with E-state index in [1.807, 2.05) is 66.7 Å². The highest BCUT2D eigenvalue weighted by Crippen LogP contribution is 2.29. The van der Waals surface area contributed by atoms with Gasteiger partial charge in [-0.15, -0.1) is 0 Å². The summed E-state index contributed by atoms with van der Waals surface area (Å²) >= 11 is 0. The molecule has 1 aliphatic heterocycles. The van der Waals surface area contributed by atoms with Gasteiger partial charge < -0.3 is 62.5 Å². The van der Waals surface area contributed by atoms with Crippen LogP contribution in [-0.4, -0.2) is 262 Å². The van der Waals surface area contributed by atoms with Crippen molar-refractivity contribution < 1.29 is 98.7 Å². The highest BCUT2D eigenvalue weighted by atomic mass is 16.4. The highest BCUT2D eigenvalue weighted by molar-refractivity contribution is 5.93. The molecule has 3 aromatic rings. The number of carboxylic acid groups (broad SMARTS) is 6. The van der Waals surface area contributed by atoms with Crippen LogP contribution in [-0.2, 0) is 75.2 Å². The number of carbonyl (C=O) groups excluding carboxylic acids is 7. The summed E-state index contributed by atoms with van der Waals surface area (Å²) in [6.07, 6.45) is 2.25. The number of fused-ring (bicyclic) bond motifs is 1. The molecule has 1 aliphatic carbocycles. The highest BCUT2D eigenvalue weighted by Gasteiger charge is 2.33. The van der Waals surface area contributed by atoms with E-state index in [0.717, 1.165) is 28.3 Å². The Morgan fingerprint density at radius 3 is 1.52 bits per heavy atom. The zero-order chi connectivity index (χ0) is 74.8. The second-order valence-corrected chi connectivity index (χ2v) is 26.8. The largest absolute Gasteiger partial charge is 0.481 e. The molecule has 1 saturated carbocycles. The summed E-state index contributed by atoms with van der Waals surface area (Å²) in [5.74, 6) is -12.0. The van der Waals surface area contributed by atoms with Crippen LogP contribution in [0.1, 0.15) is 114 Å². The first-order valence-corrected chi connectivity index (χ1v) is 34.9. The average Bonchev–Trinajstić information content (AvgIpc) is 0.838. The molecule has 32 nitrogen and oxygen atoms in total. The number of hydrogen-bond acceptors (Lipinski definition) is 19. The molecule has 7 amide bonds. The first-order valence-electron chi connectivity index (χ1n) is 34.9. The van der Waals surface area contributed by atoms with Crippen LogP contribution < -0.4 is 48.3 Å². The maximum absolute atomic E-state index is 14.4. The van der Waals surface area contributed by atoms with Gasteiger partial charge in [0.2, 0.25) is 35.4 Å². The first-order chi connectivity index (χ1) is 48.5. The minimum atomic E-state index is -1.35. The maximum atomic E-state index is 14.4. The standard InChI is InChI=1S/C70H103N13O19/c1-44(2)34-46-11-16-49(17-12-46)45(3)64(94)78-57(37-58(71)84)68(98)73-25-23-53(77-59(85)39-80-26-28-81(40-61(88)89)30-32-83(42-63(92)93)33-31-82(29-27-80)41-62(90)91)66(96)74-38-47-13-19-51(20-14-47)65(95)79-56(36-48-15-18-50-8-4-5-9-52(50)35-48)67(97)72-24-7-6-10-54(69(99)100)75-43-76-55(70(101)102)21-22-60(86)87/h4-5,8-9,11-12,15-18,35,44-45,47,51,53-57,75-76H,6-7,10,13-14,19-34,36-43H2,1-3H3,(H2,71,84)(H,72,97)(H,73,98)(H,74,96)(H,77,85)(H,78,94)(H,79,95)(H,86,87)(H,88,89)(H,90,91)(H,92,93)(H,99,100)(H,101,102)/p+1. The van der Waals surface area contributed by atoms with Crippen LogP contribution in [0.25, 0.3) is 10.8 Å². The van der Waals surface area contributed by atoms with Crippen molar-refractivity contribution in [1.82, 2.24) is 62.1 Å². The molecule has 2 aliphatic rings. The van der Waals surface area contributed by atoms with Crippen LogP contribution in [0.4, 0.5) is 0 Å². The third-order valence-corrected chi connectivity index (χ3v) is 18.2. The van der Waals surface area contributed by atoms with E-state index in [1.165, 1.54) is 0 Å². The van der Waals surface area contributed by atoms with Gasteiger partial charge in [0.15, 0.2) is 0 Å². The van der Waals surface area contributed by atoms with Crippen LogP contribution in [0.5, 0.6) is 0 Å². The second kappa shape index (κ2) is 43.7. The molecule has 1 heterocycles. The number of unbranched alkanes of at least 4 members (excludes halogenated alkanes) is 1. The molecule has 1 saturated heterocycles. The van der Waals surface area contributed by atoms with Gasteiger partial charge in [0, 0.05) is 97.4 Å². The summed E-state index contributed by atoms with van der Waals surface area (Å²) in [7, 11) is 0. The van der Waals surface area contributed by atoms with Crippen molar-refractivity contribution in [3.63, 3.8) is 0 Å². The predicted octanol–water partition coefficient (Wildman–Crippen LogP) is -0.904. The maximum Gasteiger partial charge on any atom is 0.320 e. The van der Waals surface area contributed by atoms with Crippen molar-refractivity contribution in [1.29, 1.82) is 0 Å². The van der Waals surface area contributed by atoms with E-state index < -0.39 is 139 Å².